The van der Waals surface area contributed by atoms with Crippen LogP contribution >= 0.6 is 11.6 Å². The van der Waals surface area contributed by atoms with E-state index in [2.05, 4.69) is 11.8 Å². The number of aromatic nitrogens is 2. The summed E-state index contributed by atoms with van der Waals surface area (Å²) in [5, 5.41) is 1.23. The molecule has 4 rings (SSSR count). The topological polar surface area (TPSA) is 76.9 Å². The van der Waals surface area contributed by atoms with Crippen molar-refractivity contribution in [2.45, 2.75) is 38.9 Å². The number of fused-ring (bicyclic) bond motifs is 1. The zero-order valence-electron chi connectivity index (χ0n) is 21.0. The van der Waals surface area contributed by atoms with E-state index in [0.717, 1.165) is 12.2 Å². The van der Waals surface area contributed by atoms with Crippen molar-refractivity contribution >= 4 is 28.4 Å². The number of carbonyl (C=O) groups excluding carboxylic acids is 1. The molecule has 0 N–H and O–H groups in total. The van der Waals surface area contributed by atoms with Crippen LogP contribution in [-0.4, -0.2) is 71.3 Å². The molecule has 0 spiro atoms. The predicted molar refractivity (Wildman–Crippen MR) is 141 cm³/mol. The van der Waals surface area contributed by atoms with E-state index in [1.165, 1.54) is 0 Å². The van der Waals surface area contributed by atoms with Gasteiger partial charge in [-0.25, -0.2) is 4.98 Å². The van der Waals surface area contributed by atoms with Crippen molar-refractivity contribution in [1.82, 2.24) is 19.4 Å². The molecule has 3 aromatic rings. The Kier molecular flexibility index (Phi) is 8.61. The fourth-order valence-corrected chi connectivity index (χ4v) is 4.97. The Morgan fingerprint density at radius 1 is 1.17 bits per heavy atom. The highest BCUT2D eigenvalue weighted by atomic mass is 35.5. The molecule has 0 bridgehead atoms. The molecular weight excluding hydrogens is 480 g/mol. The third kappa shape index (κ3) is 5.72. The van der Waals surface area contributed by atoms with Gasteiger partial charge in [-0.15, -0.1) is 0 Å². The summed E-state index contributed by atoms with van der Waals surface area (Å²) in [7, 11) is 1.63. The normalized spacial score (nSPS) is 17.3. The number of para-hydroxylation sites is 1. The molecule has 1 aromatic heterocycles. The quantitative estimate of drug-likeness (QED) is 0.434. The number of nitrogens with zero attached hydrogens (tertiary/aromatic N) is 4. The highest BCUT2D eigenvalue weighted by Crippen LogP contribution is 2.27. The number of carbonyl (C=O) groups is 1. The summed E-state index contributed by atoms with van der Waals surface area (Å²) in [5.41, 5.74) is 0.651. The number of hydrogen-bond acceptors (Lipinski definition) is 6. The first-order valence-electron chi connectivity index (χ1n) is 12.3. The Balaban J connectivity index is 1.50. The summed E-state index contributed by atoms with van der Waals surface area (Å²) < 4.78 is 12.7. The van der Waals surface area contributed by atoms with E-state index >= 15 is 0 Å². The Morgan fingerprint density at radius 3 is 2.61 bits per heavy atom. The maximum atomic E-state index is 13.3. The van der Waals surface area contributed by atoms with Crippen LogP contribution in [0.3, 0.4) is 0 Å². The van der Waals surface area contributed by atoms with E-state index in [1.807, 2.05) is 36.1 Å². The fraction of sp³-hybridized carbons (Fsp3) is 0.444. The molecular formula is C27H33ClN4O4. The molecule has 2 atom stereocenters. The van der Waals surface area contributed by atoms with Crippen LogP contribution in [0.2, 0.25) is 5.02 Å². The second-order valence-electron chi connectivity index (χ2n) is 9.03. The average molecular weight is 513 g/mol. The first-order valence-corrected chi connectivity index (χ1v) is 12.7. The SMILES string of the molecule is CCC(c1nc2ccccc2c(=O)n1CCOC)N1CCN(C(=O)COc2ccc(Cl)cc2)C(C)C1. The molecule has 36 heavy (non-hydrogen) atoms. The number of rotatable bonds is 9. The Bertz CT molecular complexity index is 1250. The lowest BCUT2D eigenvalue weighted by molar-refractivity contribution is -0.138. The Labute approximate surface area is 216 Å². The van der Waals surface area contributed by atoms with E-state index in [0.29, 0.717) is 54.5 Å². The van der Waals surface area contributed by atoms with E-state index in [-0.39, 0.29) is 30.2 Å². The minimum absolute atomic E-state index is 0.00581. The summed E-state index contributed by atoms with van der Waals surface area (Å²) >= 11 is 5.92. The van der Waals surface area contributed by atoms with Gasteiger partial charge in [-0.05, 0) is 49.7 Å². The van der Waals surface area contributed by atoms with Crippen molar-refractivity contribution in [3.05, 3.63) is 69.7 Å². The Hall–Kier alpha value is -2.94. The molecule has 0 radical (unpaired) electrons. The molecule has 2 aromatic carbocycles. The predicted octanol–water partition coefficient (Wildman–Crippen LogP) is 3.76. The first-order chi connectivity index (χ1) is 17.4. The summed E-state index contributed by atoms with van der Waals surface area (Å²) in [4.78, 5) is 35.4. The third-order valence-corrected chi connectivity index (χ3v) is 6.94. The highest BCUT2D eigenvalue weighted by Gasteiger charge is 2.33. The molecule has 8 nitrogen and oxygen atoms in total. The van der Waals surface area contributed by atoms with Gasteiger partial charge < -0.3 is 14.4 Å². The van der Waals surface area contributed by atoms with Gasteiger partial charge in [0.25, 0.3) is 11.5 Å². The lowest BCUT2D eigenvalue weighted by Crippen LogP contribution is -2.56. The number of halogens is 1. The number of methoxy groups -OCH3 is 1. The van der Waals surface area contributed by atoms with Crippen LogP contribution in [0.4, 0.5) is 0 Å². The van der Waals surface area contributed by atoms with Crippen LogP contribution < -0.4 is 10.3 Å². The Morgan fingerprint density at radius 2 is 1.92 bits per heavy atom. The standard InChI is InChI=1S/C27H33ClN4O4/c1-4-24(26-29-23-8-6-5-7-22(23)27(34)32(26)15-16-35-3)30-13-14-31(19(2)17-30)25(33)18-36-21-11-9-20(28)10-12-21/h5-12,19,24H,4,13-18H2,1-3H3. The molecule has 9 heteroatoms. The van der Waals surface area contributed by atoms with Crippen molar-refractivity contribution in [2.24, 2.45) is 0 Å². The number of amides is 1. The number of ether oxygens (including phenoxy) is 2. The third-order valence-electron chi connectivity index (χ3n) is 6.69. The van der Waals surface area contributed by atoms with Gasteiger partial charge in [0.1, 0.15) is 11.6 Å². The molecule has 1 aliphatic heterocycles. The van der Waals surface area contributed by atoms with Crippen molar-refractivity contribution in [3.63, 3.8) is 0 Å². The van der Waals surface area contributed by atoms with E-state index in [9.17, 15) is 9.59 Å². The van der Waals surface area contributed by atoms with Crippen molar-refractivity contribution in [3.8, 4) is 5.75 Å². The van der Waals surface area contributed by atoms with E-state index in [4.69, 9.17) is 26.1 Å². The number of hydrogen-bond donors (Lipinski definition) is 0. The van der Waals surface area contributed by atoms with Gasteiger partial charge in [-0.2, -0.15) is 0 Å². The van der Waals surface area contributed by atoms with Crippen molar-refractivity contribution < 1.29 is 14.3 Å². The summed E-state index contributed by atoms with van der Waals surface area (Å²) in [6, 6.07) is 14.4. The monoisotopic (exact) mass is 512 g/mol. The van der Waals surface area contributed by atoms with Crippen LogP contribution in [0, 0.1) is 0 Å². The smallest absolute Gasteiger partial charge is 0.261 e. The molecule has 192 valence electrons. The zero-order chi connectivity index (χ0) is 25.7. The highest BCUT2D eigenvalue weighted by molar-refractivity contribution is 6.30. The summed E-state index contributed by atoms with van der Waals surface area (Å²) in [6.07, 6.45) is 0.790. The average Bonchev–Trinajstić information content (AvgIpc) is 2.88. The van der Waals surface area contributed by atoms with Crippen molar-refractivity contribution in [2.75, 3.05) is 40.0 Å². The lowest BCUT2D eigenvalue weighted by Gasteiger charge is -2.43. The first kappa shape index (κ1) is 26.1. The van der Waals surface area contributed by atoms with Gasteiger partial charge in [0.2, 0.25) is 0 Å². The van der Waals surface area contributed by atoms with Crippen LogP contribution in [0.15, 0.2) is 53.3 Å². The van der Waals surface area contributed by atoms with Gasteiger partial charge in [0.05, 0.1) is 30.1 Å². The minimum Gasteiger partial charge on any atom is -0.484 e. The molecule has 0 aliphatic carbocycles. The lowest BCUT2D eigenvalue weighted by atomic mass is 10.1. The maximum Gasteiger partial charge on any atom is 0.261 e. The van der Waals surface area contributed by atoms with Crippen LogP contribution in [0.1, 0.15) is 32.1 Å². The molecule has 1 amide bonds. The van der Waals surface area contributed by atoms with Crippen LogP contribution in [0.25, 0.3) is 10.9 Å². The van der Waals surface area contributed by atoms with Crippen LogP contribution in [-0.2, 0) is 16.1 Å². The van der Waals surface area contributed by atoms with Crippen LogP contribution in [0.5, 0.6) is 5.75 Å². The van der Waals surface area contributed by atoms with Crippen molar-refractivity contribution in [1.29, 1.82) is 0 Å². The fourth-order valence-electron chi connectivity index (χ4n) is 4.84. The van der Waals surface area contributed by atoms with Gasteiger partial charge in [0.15, 0.2) is 6.61 Å². The molecule has 1 fully saturated rings. The van der Waals surface area contributed by atoms with Gasteiger partial charge in [0, 0.05) is 37.8 Å². The molecule has 1 aliphatic rings. The van der Waals surface area contributed by atoms with Gasteiger partial charge in [-0.3, -0.25) is 19.1 Å². The second kappa shape index (κ2) is 11.9. The van der Waals surface area contributed by atoms with Gasteiger partial charge in [-0.1, -0.05) is 30.7 Å². The molecule has 2 unspecified atom stereocenters. The second-order valence-corrected chi connectivity index (χ2v) is 9.47. The molecule has 1 saturated heterocycles. The minimum atomic E-state index is -0.0517. The summed E-state index contributed by atoms with van der Waals surface area (Å²) in [5.74, 6) is 1.31. The van der Waals surface area contributed by atoms with E-state index < -0.39 is 0 Å². The maximum absolute atomic E-state index is 13.3. The molecule has 0 saturated carbocycles. The molecule has 2 heterocycles. The number of piperazine rings is 1. The van der Waals surface area contributed by atoms with Gasteiger partial charge >= 0.3 is 0 Å². The summed E-state index contributed by atoms with van der Waals surface area (Å²) in [6.45, 7) is 6.94. The largest absolute Gasteiger partial charge is 0.484 e. The zero-order valence-corrected chi connectivity index (χ0v) is 21.8. The number of benzene rings is 2. The van der Waals surface area contributed by atoms with E-state index in [1.54, 1.807) is 35.9 Å².